The van der Waals surface area contributed by atoms with E-state index in [1.807, 2.05) is 16.8 Å². The van der Waals surface area contributed by atoms with Gasteiger partial charge in [-0.05, 0) is 43.7 Å². The van der Waals surface area contributed by atoms with Gasteiger partial charge in [-0.15, -0.1) is 0 Å². The van der Waals surface area contributed by atoms with Gasteiger partial charge < -0.3 is 15.1 Å². The highest BCUT2D eigenvalue weighted by molar-refractivity contribution is 5.77. The second-order valence-electron chi connectivity index (χ2n) is 7.22. The number of carbonyl (C=O) groups excluding carboxylic acids is 1. The number of hydrogen-bond donors (Lipinski definition) is 1. The van der Waals surface area contributed by atoms with Gasteiger partial charge in [0.1, 0.15) is 0 Å². The first-order valence-electron chi connectivity index (χ1n) is 7.62. The minimum absolute atomic E-state index is 0.158. The molecule has 0 aliphatic carbocycles. The van der Waals surface area contributed by atoms with Crippen LogP contribution < -0.4 is 5.32 Å². The first-order valence-corrected chi connectivity index (χ1v) is 7.62. The topological polar surface area (TPSA) is 35.6 Å². The Labute approximate surface area is 117 Å². The molecular weight excluding hydrogens is 238 g/mol. The number of urea groups is 1. The summed E-state index contributed by atoms with van der Waals surface area (Å²) in [6, 6.07) is 0.549. The Bertz CT molecular complexity index is 318. The van der Waals surface area contributed by atoms with Crippen molar-refractivity contribution in [3.05, 3.63) is 0 Å². The highest BCUT2D eigenvalue weighted by Crippen LogP contribution is 2.30. The van der Waals surface area contributed by atoms with Crippen molar-refractivity contribution in [2.24, 2.45) is 11.3 Å². The van der Waals surface area contributed by atoms with Crippen LogP contribution in [0.1, 0.15) is 40.0 Å². The van der Waals surface area contributed by atoms with E-state index < -0.39 is 0 Å². The van der Waals surface area contributed by atoms with Crippen LogP contribution in [0, 0.1) is 11.3 Å². The molecule has 2 unspecified atom stereocenters. The molecule has 4 heteroatoms. The molecule has 2 amide bonds. The Kier molecular flexibility index (Phi) is 4.39. The first kappa shape index (κ1) is 14.6. The maximum Gasteiger partial charge on any atom is 0.320 e. The first-order chi connectivity index (χ1) is 8.89. The summed E-state index contributed by atoms with van der Waals surface area (Å²) in [6.45, 7) is 10.7. The third kappa shape index (κ3) is 3.41. The monoisotopic (exact) mass is 267 g/mol. The van der Waals surface area contributed by atoms with Crippen molar-refractivity contribution in [3.63, 3.8) is 0 Å². The molecule has 0 aromatic rings. The lowest BCUT2D eigenvalue weighted by Gasteiger charge is -2.31. The maximum absolute atomic E-state index is 12.3. The SMILES string of the molecule is CN1C(=O)N(CCC2CCCNC2)CC1C(C)(C)C. The molecule has 19 heavy (non-hydrogen) atoms. The molecule has 0 aromatic heterocycles. The van der Waals surface area contributed by atoms with E-state index in [1.54, 1.807) is 0 Å². The van der Waals surface area contributed by atoms with Crippen molar-refractivity contribution in [3.8, 4) is 0 Å². The smallest absolute Gasteiger partial charge is 0.320 e. The molecule has 0 radical (unpaired) electrons. The zero-order valence-corrected chi connectivity index (χ0v) is 12.9. The lowest BCUT2D eigenvalue weighted by molar-refractivity contribution is 0.172. The van der Waals surface area contributed by atoms with E-state index in [0.717, 1.165) is 38.5 Å². The van der Waals surface area contributed by atoms with Gasteiger partial charge in [0, 0.05) is 20.1 Å². The molecule has 4 nitrogen and oxygen atoms in total. The largest absolute Gasteiger partial charge is 0.323 e. The molecule has 0 aromatic carbocycles. The summed E-state index contributed by atoms with van der Waals surface area (Å²) in [5.74, 6) is 0.751. The van der Waals surface area contributed by atoms with Crippen LogP contribution in [0.4, 0.5) is 4.79 Å². The van der Waals surface area contributed by atoms with Gasteiger partial charge in [-0.1, -0.05) is 20.8 Å². The van der Waals surface area contributed by atoms with Crippen LogP contribution in [0.15, 0.2) is 0 Å². The predicted molar refractivity (Wildman–Crippen MR) is 78.2 cm³/mol. The van der Waals surface area contributed by atoms with Crippen LogP contribution in [0.3, 0.4) is 0 Å². The fourth-order valence-corrected chi connectivity index (χ4v) is 3.32. The molecule has 0 saturated carbocycles. The summed E-state index contributed by atoms with van der Waals surface area (Å²) < 4.78 is 0. The Morgan fingerprint density at radius 3 is 2.63 bits per heavy atom. The maximum atomic E-state index is 12.3. The Morgan fingerprint density at radius 2 is 2.11 bits per heavy atom. The third-order valence-electron chi connectivity index (χ3n) is 4.64. The number of nitrogens with one attached hydrogen (secondary N) is 1. The van der Waals surface area contributed by atoms with E-state index in [9.17, 15) is 4.79 Å². The van der Waals surface area contributed by atoms with Crippen LogP contribution in [-0.2, 0) is 0 Å². The van der Waals surface area contributed by atoms with Gasteiger partial charge >= 0.3 is 6.03 Å². The lowest BCUT2D eigenvalue weighted by Crippen LogP contribution is -2.39. The van der Waals surface area contributed by atoms with Crippen molar-refractivity contribution in [2.45, 2.75) is 46.1 Å². The van der Waals surface area contributed by atoms with Crippen LogP contribution in [0.25, 0.3) is 0 Å². The molecular formula is C15H29N3O. The summed E-state index contributed by atoms with van der Waals surface area (Å²) in [5.41, 5.74) is 0.158. The van der Waals surface area contributed by atoms with Crippen molar-refractivity contribution in [2.75, 3.05) is 33.2 Å². The van der Waals surface area contributed by atoms with Crippen LogP contribution in [-0.4, -0.2) is 55.1 Å². The number of carbonyl (C=O) groups is 1. The average molecular weight is 267 g/mol. The fraction of sp³-hybridized carbons (Fsp3) is 0.933. The lowest BCUT2D eigenvalue weighted by atomic mass is 9.86. The molecule has 2 aliphatic heterocycles. The Hall–Kier alpha value is -0.770. The van der Waals surface area contributed by atoms with E-state index in [0.29, 0.717) is 6.04 Å². The van der Waals surface area contributed by atoms with E-state index in [4.69, 9.17) is 0 Å². The third-order valence-corrected chi connectivity index (χ3v) is 4.64. The van der Waals surface area contributed by atoms with Gasteiger partial charge in [0.15, 0.2) is 0 Å². The average Bonchev–Trinajstić information content (AvgIpc) is 2.65. The van der Waals surface area contributed by atoms with Gasteiger partial charge in [-0.2, -0.15) is 0 Å². The summed E-state index contributed by atoms with van der Waals surface area (Å²) in [5, 5.41) is 3.45. The second kappa shape index (κ2) is 5.70. The number of amides is 2. The molecule has 0 spiro atoms. The number of piperidine rings is 1. The van der Waals surface area contributed by atoms with E-state index in [2.05, 4.69) is 26.1 Å². The van der Waals surface area contributed by atoms with Crippen molar-refractivity contribution in [1.29, 1.82) is 0 Å². The number of rotatable bonds is 3. The number of likely N-dealkylation sites (N-methyl/N-ethyl adjacent to an activating group) is 1. The highest BCUT2D eigenvalue weighted by atomic mass is 16.2. The molecule has 2 saturated heterocycles. The number of nitrogens with zero attached hydrogens (tertiary/aromatic N) is 2. The van der Waals surface area contributed by atoms with Crippen molar-refractivity contribution < 1.29 is 4.79 Å². The quantitative estimate of drug-likeness (QED) is 0.850. The van der Waals surface area contributed by atoms with Gasteiger partial charge in [0.05, 0.1) is 6.04 Å². The molecule has 2 fully saturated rings. The van der Waals surface area contributed by atoms with E-state index in [1.165, 1.54) is 12.8 Å². The summed E-state index contributed by atoms with van der Waals surface area (Å²) in [7, 11) is 1.94. The molecule has 2 rings (SSSR count). The van der Waals surface area contributed by atoms with Gasteiger partial charge in [-0.25, -0.2) is 4.79 Å². The van der Waals surface area contributed by atoms with Gasteiger partial charge in [0.2, 0.25) is 0 Å². The molecule has 1 N–H and O–H groups in total. The molecule has 2 atom stereocenters. The molecule has 2 aliphatic rings. The van der Waals surface area contributed by atoms with Crippen LogP contribution in [0.2, 0.25) is 0 Å². The predicted octanol–water partition coefficient (Wildman–Crippen LogP) is 2.16. The minimum atomic E-state index is 0.158. The standard InChI is InChI=1S/C15H29N3O/c1-15(2,3)13-11-18(14(19)17(13)4)9-7-12-6-5-8-16-10-12/h12-13,16H,5-11H2,1-4H3. The Morgan fingerprint density at radius 1 is 1.37 bits per heavy atom. The normalized spacial score (nSPS) is 29.2. The zero-order chi connectivity index (χ0) is 14.0. The fourth-order valence-electron chi connectivity index (χ4n) is 3.32. The van der Waals surface area contributed by atoms with Crippen LogP contribution in [0.5, 0.6) is 0 Å². The van der Waals surface area contributed by atoms with Crippen molar-refractivity contribution >= 4 is 6.03 Å². The Balaban J connectivity index is 1.85. The van der Waals surface area contributed by atoms with Gasteiger partial charge in [0.25, 0.3) is 0 Å². The number of hydrogen-bond acceptors (Lipinski definition) is 2. The summed E-state index contributed by atoms with van der Waals surface area (Å²) in [6.07, 6.45) is 3.74. The second-order valence-corrected chi connectivity index (χ2v) is 7.22. The summed E-state index contributed by atoms with van der Waals surface area (Å²) >= 11 is 0. The highest BCUT2D eigenvalue weighted by Gasteiger charge is 2.40. The van der Waals surface area contributed by atoms with Gasteiger partial charge in [-0.3, -0.25) is 0 Å². The van der Waals surface area contributed by atoms with Crippen LogP contribution >= 0.6 is 0 Å². The van der Waals surface area contributed by atoms with E-state index >= 15 is 0 Å². The minimum Gasteiger partial charge on any atom is -0.323 e. The molecule has 0 bridgehead atoms. The van der Waals surface area contributed by atoms with Crippen molar-refractivity contribution in [1.82, 2.24) is 15.1 Å². The summed E-state index contributed by atoms with van der Waals surface area (Å²) in [4.78, 5) is 16.2. The molecule has 2 heterocycles. The zero-order valence-electron chi connectivity index (χ0n) is 12.9. The van der Waals surface area contributed by atoms with E-state index in [-0.39, 0.29) is 11.4 Å². The molecule has 110 valence electrons.